The van der Waals surface area contributed by atoms with Crippen molar-refractivity contribution in [2.24, 2.45) is 11.8 Å². The highest BCUT2D eigenvalue weighted by Gasteiger charge is 2.30. The number of benzene rings is 2. The first kappa shape index (κ1) is 23.3. The lowest BCUT2D eigenvalue weighted by atomic mass is 9.98. The minimum Gasteiger partial charge on any atom is -0.480 e. The van der Waals surface area contributed by atoms with Crippen LogP contribution in [-0.2, 0) is 14.3 Å². The molecule has 0 saturated heterocycles. The number of carboxylic acids is 1. The van der Waals surface area contributed by atoms with Crippen molar-refractivity contribution in [2.45, 2.75) is 39.2 Å². The predicted octanol–water partition coefficient (Wildman–Crippen LogP) is 3.78. The van der Waals surface area contributed by atoms with E-state index in [1.54, 1.807) is 13.8 Å². The minimum atomic E-state index is -1.07. The average molecular weight is 439 g/mol. The number of hydrogen-bond donors (Lipinski definition) is 3. The Morgan fingerprint density at radius 3 is 2.09 bits per heavy atom. The summed E-state index contributed by atoms with van der Waals surface area (Å²) < 4.78 is 5.47. The molecule has 0 aromatic heterocycles. The van der Waals surface area contributed by atoms with Crippen LogP contribution in [0.1, 0.15) is 44.2 Å². The lowest BCUT2D eigenvalue weighted by Crippen LogP contribution is -2.48. The van der Waals surface area contributed by atoms with Gasteiger partial charge < -0.3 is 20.5 Å². The van der Waals surface area contributed by atoms with Crippen molar-refractivity contribution in [2.75, 3.05) is 13.2 Å². The van der Waals surface area contributed by atoms with Gasteiger partial charge in [0, 0.05) is 12.5 Å². The number of carboxylic acid groups (broad SMARTS) is 1. The normalized spacial score (nSPS) is 15.1. The van der Waals surface area contributed by atoms with Crippen LogP contribution in [0.2, 0.25) is 0 Å². The van der Waals surface area contributed by atoms with Crippen LogP contribution < -0.4 is 10.6 Å². The van der Waals surface area contributed by atoms with Crippen LogP contribution in [0, 0.1) is 11.8 Å². The fraction of sp³-hybridized carbons (Fsp3) is 0.400. The molecule has 3 unspecified atom stereocenters. The van der Waals surface area contributed by atoms with Crippen LogP contribution in [0.25, 0.3) is 11.1 Å². The molecule has 0 spiro atoms. The van der Waals surface area contributed by atoms with Crippen LogP contribution in [0.3, 0.4) is 0 Å². The predicted molar refractivity (Wildman–Crippen MR) is 121 cm³/mol. The largest absolute Gasteiger partial charge is 0.480 e. The number of ether oxygens (including phenoxy) is 1. The fourth-order valence-corrected chi connectivity index (χ4v) is 3.96. The fourth-order valence-electron chi connectivity index (χ4n) is 3.96. The quantitative estimate of drug-likeness (QED) is 0.553. The van der Waals surface area contributed by atoms with Gasteiger partial charge in [-0.2, -0.15) is 0 Å². The van der Waals surface area contributed by atoms with E-state index in [0.717, 1.165) is 22.3 Å². The molecule has 32 heavy (non-hydrogen) atoms. The summed E-state index contributed by atoms with van der Waals surface area (Å²) in [5.74, 6) is -2.32. The zero-order valence-electron chi connectivity index (χ0n) is 18.6. The first-order valence-corrected chi connectivity index (χ1v) is 11.0. The zero-order valence-corrected chi connectivity index (χ0v) is 18.6. The van der Waals surface area contributed by atoms with Crippen molar-refractivity contribution in [3.05, 3.63) is 59.7 Å². The Balaban J connectivity index is 1.52. The Kier molecular flexibility index (Phi) is 7.51. The van der Waals surface area contributed by atoms with Gasteiger partial charge in [0.1, 0.15) is 12.6 Å². The first-order chi connectivity index (χ1) is 15.3. The molecule has 3 N–H and O–H groups in total. The maximum absolute atomic E-state index is 12.4. The molecular weight excluding hydrogens is 408 g/mol. The van der Waals surface area contributed by atoms with Crippen LogP contribution in [0.15, 0.2) is 48.5 Å². The molecule has 0 bridgehead atoms. The van der Waals surface area contributed by atoms with Gasteiger partial charge in [-0.25, -0.2) is 9.59 Å². The van der Waals surface area contributed by atoms with Gasteiger partial charge in [0.2, 0.25) is 5.91 Å². The van der Waals surface area contributed by atoms with Crippen LogP contribution >= 0.6 is 0 Å². The number of nitrogens with one attached hydrogen (secondary N) is 2. The monoisotopic (exact) mass is 438 g/mol. The SMILES string of the molecule is CCC(C)C(NC(=O)C(C)CNC(=O)OCC1c2ccccc2-c2ccccc21)C(=O)O. The van der Waals surface area contributed by atoms with Crippen LogP contribution in [0.5, 0.6) is 0 Å². The molecule has 0 heterocycles. The van der Waals surface area contributed by atoms with Gasteiger partial charge in [-0.05, 0) is 28.2 Å². The first-order valence-electron chi connectivity index (χ1n) is 11.0. The molecule has 3 atom stereocenters. The van der Waals surface area contributed by atoms with Gasteiger partial charge in [0.25, 0.3) is 0 Å². The molecule has 0 fully saturated rings. The summed E-state index contributed by atoms with van der Waals surface area (Å²) in [6.45, 7) is 5.52. The summed E-state index contributed by atoms with van der Waals surface area (Å²) in [5.41, 5.74) is 4.55. The molecular formula is C25H30N2O5. The van der Waals surface area contributed by atoms with Gasteiger partial charge in [-0.1, -0.05) is 75.7 Å². The Hall–Kier alpha value is -3.35. The summed E-state index contributed by atoms with van der Waals surface area (Å²) in [4.78, 5) is 36.0. The minimum absolute atomic E-state index is 0.0410. The summed E-state index contributed by atoms with van der Waals surface area (Å²) >= 11 is 0. The number of aliphatic carboxylic acids is 1. The number of carbonyl (C=O) groups excluding carboxylic acids is 2. The van der Waals surface area contributed by atoms with E-state index >= 15 is 0 Å². The Morgan fingerprint density at radius 2 is 1.56 bits per heavy atom. The van der Waals surface area contributed by atoms with Crippen molar-refractivity contribution in [3.8, 4) is 11.1 Å². The van der Waals surface area contributed by atoms with E-state index in [-0.39, 0.29) is 25.0 Å². The molecule has 2 amide bonds. The maximum Gasteiger partial charge on any atom is 0.407 e. The zero-order chi connectivity index (χ0) is 23.3. The number of hydrogen-bond acceptors (Lipinski definition) is 4. The summed E-state index contributed by atoms with van der Waals surface area (Å²) in [6.07, 6.45) is 0.0205. The van der Waals surface area contributed by atoms with Gasteiger partial charge in [0.15, 0.2) is 0 Å². The summed E-state index contributed by atoms with van der Waals surface area (Å²) in [5, 5.41) is 14.5. The molecule has 0 radical (unpaired) electrons. The standard InChI is InChI=1S/C25H30N2O5/c1-4-15(2)22(24(29)30)27-23(28)16(3)13-26-25(31)32-14-21-19-11-7-5-9-17(19)18-10-6-8-12-20(18)21/h5-12,15-16,21-22H,4,13-14H2,1-3H3,(H,26,31)(H,27,28)(H,29,30). The highest BCUT2D eigenvalue weighted by Crippen LogP contribution is 2.44. The van der Waals surface area contributed by atoms with Crippen molar-refractivity contribution in [1.29, 1.82) is 0 Å². The Labute approximate surface area is 188 Å². The van der Waals surface area contributed by atoms with E-state index in [4.69, 9.17) is 4.74 Å². The Morgan fingerprint density at radius 1 is 1.00 bits per heavy atom. The highest BCUT2D eigenvalue weighted by molar-refractivity contribution is 5.85. The Bertz CT molecular complexity index is 944. The molecule has 0 aliphatic heterocycles. The lowest BCUT2D eigenvalue weighted by Gasteiger charge is -2.22. The van der Waals surface area contributed by atoms with E-state index in [9.17, 15) is 19.5 Å². The van der Waals surface area contributed by atoms with Crippen LogP contribution in [-0.4, -0.2) is 42.3 Å². The molecule has 7 nitrogen and oxygen atoms in total. The number of alkyl carbamates (subject to hydrolysis) is 1. The summed E-state index contributed by atoms with van der Waals surface area (Å²) in [7, 11) is 0. The van der Waals surface area contributed by atoms with Gasteiger partial charge in [-0.15, -0.1) is 0 Å². The smallest absolute Gasteiger partial charge is 0.407 e. The second kappa shape index (κ2) is 10.3. The van der Waals surface area contributed by atoms with E-state index < -0.39 is 29.9 Å². The van der Waals surface area contributed by atoms with E-state index in [1.807, 2.05) is 43.3 Å². The molecule has 3 rings (SSSR count). The number of rotatable bonds is 9. The molecule has 7 heteroatoms. The van der Waals surface area contributed by atoms with Crippen molar-refractivity contribution < 1.29 is 24.2 Å². The number of amides is 2. The van der Waals surface area contributed by atoms with Crippen molar-refractivity contribution >= 4 is 18.0 Å². The van der Waals surface area contributed by atoms with E-state index in [1.165, 1.54) is 0 Å². The van der Waals surface area contributed by atoms with E-state index in [2.05, 4.69) is 22.8 Å². The second-order valence-corrected chi connectivity index (χ2v) is 8.32. The molecule has 1 aliphatic carbocycles. The topological polar surface area (TPSA) is 105 Å². The van der Waals surface area contributed by atoms with Crippen LogP contribution in [0.4, 0.5) is 4.79 Å². The average Bonchev–Trinajstić information content (AvgIpc) is 3.12. The highest BCUT2D eigenvalue weighted by atomic mass is 16.5. The molecule has 1 aliphatic rings. The summed E-state index contributed by atoms with van der Waals surface area (Å²) in [6, 6.07) is 15.2. The van der Waals surface area contributed by atoms with Crippen molar-refractivity contribution in [3.63, 3.8) is 0 Å². The molecule has 170 valence electrons. The maximum atomic E-state index is 12.4. The van der Waals surface area contributed by atoms with Gasteiger partial charge in [-0.3, -0.25) is 4.79 Å². The molecule has 2 aromatic carbocycles. The number of fused-ring (bicyclic) bond motifs is 3. The second-order valence-electron chi connectivity index (χ2n) is 8.32. The van der Waals surface area contributed by atoms with Gasteiger partial charge >= 0.3 is 12.1 Å². The van der Waals surface area contributed by atoms with Crippen molar-refractivity contribution in [1.82, 2.24) is 10.6 Å². The third-order valence-corrected chi connectivity index (χ3v) is 6.12. The molecule has 0 saturated carbocycles. The van der Waals surface area contributed by atoms with Gasteiger partial charge in [0.05, 0.1) is 5.92 Å². The third-order valence-electron chi connectivity index (χ3n) is 6.12. The third kappa shape index (κ3) is 5.10. The number of carbonyl (C=O) groups is 3. The molecule has 2 aromatic rings. The van der Waals surface area contributed by atoms with E-state index in [0.29, 0.717) is 6.42 Å². The lowest BCUT2D eigenvalue weighted by molar-refractivity contribution is -0.143.